The van der Waals surface area contributed by atoms with Gasteiger partial charge in [0.25, 0.3) is 0 Å². The van der Waals surface area contributed by atoms with E-state index in [1.165, 1.54) is 10.6 Å². The molecular weight excluding hydrogens is 335 g/mol. The fraction of sp³-hybridized carbons (Fsp3) is 0.368. The summed E-state index contributed by atoms with van der Waals surface area (Å²) in [5, 5.41) is 2.66. The highest BCUT2D eigenvalue weighted by Gasteiger charge is 2.43. The topological polar surface area (TPSA) is 27.7 Å². The summed E-state index contributed by atoms with van der Waals surface area (Å²) in [5.74, 6) is 0.811. The minimum absolute atomic E-state index is 0.587. The molecule has 0 spiro atoms. The van der Waals surface area contributed by atoms with Gasteiger partial charge >= 0.3 is 8.80 Å². The summed E-state index contributed by atoms with van der Waals surface area (Å²) in [6, 6.07) is 21.3. The highest BCUT2D eigenvalue weighted by Crippen LogP contribution is 2.37. The van der Waals surface area contributed by atoms with Crippen LogP contribution in [0.15, 0.2) is 60.7 Å². The second-order valence-electron chi connectivity index (χ2n) is 5.24. The maximum atomic E-state index is 6.09. The maximum absolute atomic E-state index is 6.09. The molecule has 5 heteroatoms. The van der Waals surface area contributed by atoms with E-state index in [0.717, 1.165) is 5.79 Å². The molecule has 0 radical (unpaired) electrons. The Morgan fingerprint density at radius 1 is 0.667 bits per heavy atom. The molecule has 0 aliphatic heterocycles. The van der Waals surface area contributed by atoms with Crippen molar-refractivity contribution in [2.75, 3.05) is 25.6 Å². The standard InChI is InChI=1S/C19H27O3PSi/c1-4-20-24(21-5-2,22-6-3)17-23(18-13-9-7-10-14-18)19-15-11-8-12-16-19/h7-16H,4-6,17H2,1-3H3. The Labute approximate surface area is 148 Å². The van der Waals surface area contributed by atoms with Crippen LogP contribution < -0.4 is 10.6 Å². The molecule has 0 atom stereocenters. The lowest BCUT2D eigenvalue weighted by atomic mass is 10.4. The Morgan fingerprint density at radius 3 is 1.38 bits per heavy atom. The number of rotatable bonds is 10. The molecule has 0 unspecified atom stereocenters. The molecule has 0 fully saturated rings. The van der Waals surface area contributed by atoms with Gasteiger partial charge in [0.2, 0.25) is 0 Å². The van der Waals surface area contributed by atoms with Gasteiger partial charge in [0.15, 0.2) is 0 Å². The van der Waals surface area contributed by atoms with Crippen molar-refractivity contribution >= 4 is 27.3 Å². The zero-order valence-electron chi connectivity index (χ0n) is 14.8. The third-order valence-electron chi connectivity index (χ3n) is 3.58. The molecule has 130 valence electrons. The molecule has 0 saturated carbocycles. The van der Waals surface area contributed by atoms with E-state index in [9.17, 15) is 0 Å². The van der Waals surface area contributed by atoms with Crippen molar-refractivity contribution in [3.8, 4) is 0 Å². The van der Waals surface area contributed by atoms with E-state index in [4.69, 9.17) is 13.3 Å². The second-order valence-corrected chi connectivity index (χ2v) is 10.6. The van der Waals surface area contributed by atoms with E-state index in [2.05, 4.69) is 60.7 Å². The van der Waals surface area contributed by atoms with E-state index in [1.54, 1.807) is 0 Å². The van der Waals surface area contributed by atoms with Crippen molar-refractivity contribution in [1.29, 1.82) is 0 Å². The highest BCUT2D eigenvalue weighted by molar-refractivity contribution is 7.74. The van der Waals surface area contributed by atoms with Gasteiger partial charge in [-0.2, -0.15) is 0 Å². The lowest BCUT2D eigenvalue weighted by molar-refractivity contribution is 0.0771. The zero-order chi connectivity index (χ0) is 17.3. The van der Waals surface area contributed by atoms with Crippen LogP contribution in [0.25, 0.3) is 0 Å². The van der Waals surface area contributed by atoms with Crippen molar-refractivity contribution in [3.05, 3.63) is 60.7 Å². The van der Waals surface area contributed by atoms with Crippen LogP contribution >= 0.6 is 7.92 Å². The molecule has 2 rings (SSSR count). The van der Waals surface area contributed by atoms with Crippen LogP contribution in [0.4, 0.5) is 0 Å². The number of hydrogen-bond acceptors (Lipinski definition) is 3. The van der Waals surface area contributed by atoms with Gasteiger partial charge in [-0.05, 0) is 39.3 Å². The molecule has 0 aliphatic rings. The lowest BCUT2D eigenvalue weighted by Gasteiger charge is -2.32. The summed E-state index contributed by atoms with van der Waals surface area (Å²) in [6.45, 7) is 7.85. The summed E-state index contributed by atoms with van der Waals surface area (Å²) in [6.07, 6.45) is 0. The normalized spacial score (nSPS) is 11.8. The third kappa shape index (κ3) is 5.23. The smallest absolute Gasteiger partial charge is 0.374 e. The van der Waals surface area contributed by atoms with Gasteiger partial charge in [0.1, 0.15) is 0 Å². The van der Waals surface area contributed by atoms with E-state index >= 15 is 0 Å². The van der Waals surface area contributed by atoms with E-state index < -0.39 is 16.7 Å². The fourth-order valence-corrected chi connectivity index (χ4v) is 9.70. The predicted molar refractivity (Wildman–Crippen MR) is 105 cm³/mol. The van der Waals surface area contributed by atoms with Crippen LogP contribution in [-0.4, -0.2) is 34.4 Å². The number of hydrogen-bond donors (Lipinski definition) is 0. The van der Waals surface area contributed by atoms with Crippen molar-refractivity contribution in [3.63, 3.8) is 0 Å². The molecular formula is C19H27O3PSi. The minimum atomic E-state index is -2.70. The SMILES string of the molecule is CCO[Si](CP(c1ccccc1)c1ccccc1)(OCC)OCC. The van der Waals surface area contributed by atoms with Gasteiger partial charge < -0.3 is 13.3 Å². The summed E-state index contributed by atoms with van der Waals surface area (Å²) in [4.78, 5) is 0. The van der Waals surface area contributed by atoms with Crippen LogP contribution in [0.2, 0.25) is 0 Å². The summed E-state index contributed by atoms with van der Waals surface area (Å²) in [5.41, 5.74) is 0. The average Bonchev–Trinajstić information content (AvgIpc) is 2.62. The molecule has 0 saturated heterocycles. The fourth-order valence-electron chi connectivity index (χ4n) is 2.66. The molecule has 0 amide bonds. The van der Waals surface area contributed by atoms with Gasteiger partial charge in [0, 0.05) is 25.6 Å². The Morgan fingerprint density at radius 2 is 1.04 bits per heavy atom. The van der Waals surface area contributed by atoms with Crippen LogP contribution in [-0.2, 0) is 13.3 Å². The predicted octanol–water partition coefficient (Wildman–Crippen LogP) is 3.71. The van der Waals surface area contributed by atoms with Crippen LogP contribution in [0.5, 0.6) is 0 Å². The Kier molecular flexibility index (Phi) is 8.10. The first-order valence-electron chi connectivity index (χ1n) is 8.54. The third-order valence-corrected chi connectivity index (χ3v) is 10.4. The van der Waals surface area contributed by atoms with Gasteiger partial charge in [-0.15, -0.1) is 0 Å². The molecule has 0 aromatic heterocycles. The quantitative estimate of drug-likeness (QED) is 0.476. The first-order valence-corrected chi connectivity index (χ1v) is 12.0. The molecule has 0 N–H and O–H groups in total. The number of benzene rings is 2. The average molecular weight is 362 g/mol. The Bertz CT molecular complexity index is 523. The molecule has 0 bridgehead atoms. The van der Waals surface area contributed by atoms with Crippen molar-refractivity contribution < 1.29 is 13.3 Å². The van der Waals surface area contributed by atoms with Crippen LogP contribution in [0, 0.1) is 0 Å². The monoisotopic (exact) mass is 362 g/mol. The first kappa shape index (κ1) is 19.3. The molecule has 3 nitrogen and oxygen atoms in total. The van der Waals surface area contributed by atoms with Crippen LogP contribution in [0.3, 0.4) is 0 Å². The zero-order valence-corrected chi connectivity index (χ0v) is 16.7. The maximum Gasteiger partial charge on any atom is 0.506 e. The van der Waals surface area contributed by atoms with E-state index in [-0.39, 0.29) is 0 Å². The van der Waals surface area contributed by atoms with Gasteiger partial charge in [-0.1, -0.05) is 60.7 Å². The Hall–Kier alpha value is -1.03. The molecule has 2 aromatic carbocycles. The van der Waals surface area contributed by atoms with Gasteiger partial charge in [0.05, 0.1) is 0 Å². The summed E-state index contributed by atoms with van der Waals surface area (Å²) >= 11 is 0. The minimum Gasteiger partial charge on any atom is -0.374 e. The van der Waals surface area contributed by atoms with E-state index in [1.807, 2.05) is 20.8 Å². The van der Waals surface area contributed by atoms with Crippen molar-refractivity contribution in [2.24, 2.45) is 0 Å². The largest absolute Gasteiger partial charge is 0.506 e. The molecule has 24 heavy (non-hydrogen) atoms. The Balaban J connectivity index is 2.38. The van der Waals surface area contributed by atoms with E-state index in [0.29, 0.717) is 19.8 Å². The summed E-state index contributed by atoms with van der Waals surface area (Å²) < 4.78 is 18.3. The molecule has 0 aliphatic carbocycles. The first-order chi connectivity index (χ1) is 11.7. The van der Waals surface area contributed by atoms with Gasteiger partial charge in [-0.3, -0.25) is 0 Å². The van der Waals surface area contributed by atoms with Gasteiger partial charge in [-0.25, -0.2) is 0 Å². The van der Waals surface area contributed by atoms with Crippen molar-refractivity contribution in [2.45, 2.75) is 20.8 Å². The van der Waals surface area contributed by atoms with Crippen LogP contribution in [0.1, 0.15) is 20.8 Å². The summed E-state index contributed by atoms with van der Waals surface area (Å²) in [7, 11) is -3.28. The highest BCUT2D eigenvalue weighted by atomic mass is 31.1. The lowest BCUT2D eigenvalue weighted by Crippen LogP contribution is -2.50. The molecule has 0 heterocycles. The molecule has 2 aromatic rings. The second kappa shape index (κ2) is 10.1. The van der Waals surface area contributed by atoms with Crippen molar-refractivity contribution in [1.82, 2.24) is 0 Å².